The zero-order valence-electron chi connectivity index (χ0n) is 16.6. The molecule has 1 fully saturated rings. The van der Waals surface area contributed by atoms with Gasteiger partial charge in [-0.1, -0.05) is 0 Å². The van der Waals surface area contributed by atoms with Gasteiger partial charge in [-0.25, -0.2) is 32.3 Å². The van der Waals surface area contributed by atoms with Crippen LogP contribution in [-0.4, -0.2) is 63.1 Å². The normalized spacial score (nSPS) is 18.1. The fourth-order valence-electron chi connectivity index (χ4n) is 3.29. The second kappa shape index (κ2) is 8.76. The van der Waals surface area contributed by atoms with E-state index in [9.17, 15) is 45.4 Å². The molecule has 33 heavy (non-hydrogen) atoms. The Kier molecular flexibility index (Phi) is 6.55. The number of hydrogen-bond acceptors (Lipinski definition) is 6. The average Bonchev–Trinajstić information content (AvgIpc) is 3.25. The van der Waals surface area contributed by atoms with E-state index < -0.39 is 83.6 Å². The molecular weight excluding hydrogens is 485 g/mol. The summed E-state index contributed by atoms with van der Waals surface area (Å²) in [6, 6.07) is -0.302. The largest absolute Gasteiger partial charge is 0.476 e. The highest BCUT2D eigenvalue weighted by molar-refractivity contribution is 7.17. The smallest absolute Gasteiger partial charge is 0.405 e. The number of thiazole rings is 1. The number of carboxylic acids is 1. The average molecular weight is 500 g/mol. The van der Waals surface area contributed by atoms with Gasteiger partial charge in [0.2, 0.25) is 5.01 Å². The summed E-state index contributed by atoms with van der Waals surface area (Å²) >= 11 is 0.345. The predicted molar refractivity (Wildman–Crippen MR) is 102 cm³/mol. The molecule has 0 aliphatic carbocycles. The van der Waals surface area contributed by atoms with Crippen molar-refractivity contribution in [3.05, 3.63) is 28.5 Å². The van der Waals surface area contributed by atoms with Crippen LogP contribution in [-0.2, 0) is 0 Å². The number of pyridine rings is 1. The summed E-state index contributed by atoms with van der Waals surface area (Å²) in [7, 11) is 0. The minimum Gasteiger partial charge on any atom is -0.476 e. The number of aromatic nitrogens is 2. The number of nitrogens with one attached hydrogen (secondary N) is 1. The molecule has 3 heterocycles. The minimum atomic E-state index is -4.65. The van der Waals surface area contributed by atoms with Gasteiger partial charge in [0, 0.05) is 29.8 Å². The van der Waals surface area contributed by atoms with E-state index in [4.69, 9.17) is 0 Å². The maximum Gasteiger partial charge on any atom is 0.405 e. The molecular formula is C18H15F7N4O3S. The summed E-state index contributed by atoms with van der Waals surface area (Å²) in [5.74, 6) is -6.40. The SMILES string of the molecule is CC1CC(F)(F)CN1C(=O)c1nc(C(=O)O)sc1-c1cnc(NCC(F)(F)F)cc1C(F)F. The first kappa shape index (κ1) is 24.7. The first-order valence-electron chi connectivity index (χ1n) is 9.20. The van der Waals surface area contributed by atoms with Crippen molar-refractivity contribution in [2.24, 2.45) is 0 Å². The topological polar surface area (TPSA) is 95.4 Å². The van der Waals surface area contributed by atoms with E-state index in [1.165, 1.54) is 6.92 Å². The molecule has 3 rings (SSSR count). The summed E-state index contributed by atoms with van der Waals surface area (Å²) in [6.45, 7) is -1.17. The van der Waals surface area contributed by atoms with E-state index in [0.29, 0.717) is 17.4 Å². The van der Waals surface area contributed by atoms with Gasteiger partial charge in [-0.05, 0) is 13.0 Å². The number of nitrogens with zero attached hydrogens (tertiary/aromatic N) is 3. The van der Waals surface area contributed by atoms with Crippen LogP contribution in [0.15, 0.2) is 12.3 Å². The van der Waals surface area contributed by atoms with Crippen LogP contribution in [0, 0.1) is 0 Å². The van der Waals surface area contributed by atoms with Gasteiger partial charge in [0.1, 0.15) is 18.1 Å². The molecule has 1 aliphatic heterocycles. The van der Waals surface area contributed by atoms with Crippen LogP contribution >= 0.6 is 11.3 Å². The zero-order chi connectivity index (χ0) is 24.7. The van der Waals surface area contributed by atoms with Crippen molar-refractivity contribution >= 4 is 29.0 Å². The molecule has 1 atom stereocenters. The van der Waals surface area contributed by atoms with Gasteiger partial charge in [-0.3, -0.25) is 4.79 Å². The lowest BCUT2D eigenvalue weighted by atomic mass is 10.1. The number of rotatable bonds is 6. The molecule has 2 aromatic rings. The van der Waals surface area contributed by atoms with Gasteiger partial charge < -0.3 is 15.3 Å². The Bertz CT molecular complexity index is 1070. The number of anilines is 1. The van der Waals surface area contributed by atoms with Crippen LogP contribution in [0.1, 0.15) is 45.6 Å². The van der Waals surface area contributed by atoms with Gasteiger partial charge in [-0.15, -0.1) is 11.3 Å². The lowest BCUT2D eigenvalue weighted by Gasteiger charge is -2.20. The van der Waals surface area contributed by atoms with Gasteiger partial charge in [0.15, 0.2) is 0 Å². The van der Waals surface area contributed by atoms with Crippen molar-refractivity contribution < 1.29 is 45.4 Å². The highest BCUT2D eigenvalue weighted by atomic mass is 32.1. The van der Waals surface area contributed by atoms with Crippen molar-refractivity contribution in [2.45, 2.75) is 37.9 Å². The highest BCUT2D eigenvalue weighted by Crippen LogP contribution is 2.40. The third-order valence-electron chi connectivity index (χ3n) is 4.69. The van der Waals surface area contributed by atoms with Gasteiger partial charge >= 0.3 is 12.1 Å². The van der Waals surface area contributed by atoms with Crippen LogP contribution in [0.3, 0.4) is 0 Å². The quantitative estimate of drug-likeness (QED) is 0.560. The lowest BCUT2D eigenvalue weighted by molar-refractivity contribution is -0.115. The fourth-order valence-corrected chi connectivity index (χ4v) is 4.22. The molecule has 180 valence electrons. The number of amides is 1. The molecule has 1 amide bonds. The number of likely N-dealkylation sites (tertiary alicyclic amines) is 1. The molecule has 1 saturated heterocycles. The molecule has 0 spiro atoms. The zero-order valence-corrected chi connectivity index (χ0v) is 17.4. The van der Waals surface area contributed by atoms with Crippen molar-refractivity contribution in [1.29, 1.82) is 0 Å². The number of carbonyl (C=O) groups excluding carboxylic acids is 1. The predicted octanol–water partition coefficient (Wildman–Crippen LogP) is 4.68. The Morgan fingerprint density at radius 3 is 2.55 bits per heavy atom. The van der Waals surface area contributed by atoms with Crippen molar-refractivity contribution in [1.82, 2.24) is 14.9 Å². The summed E-state index contributed by atoms with van der Waals surface area (Å²) in [5, 5.41) is 10.4. The molecule has 15 heteroatoms. The number of halogens is 7. The molecule has 2 aromatic heterocycles. The maximum atomic E-state index is 13.7. The fraction of sp³-hybridized carbons (Fsp3) is 0.444. The van der Waals surface area contributed by atoms with Gasteiger partial charge in [0.25, 0.3) is 18.3 Å². The van der Waals surface area contributed by atoms with E-state index in [0.717, 1.165) is 11.1 Å². The van der Waals surface area contributed by atoms with Gasteiger partial charge in [0.05, 0.1) is 11.4 Å². The van der Waals surface area contributed by atoms with Crippen LogP contribution in [0.2, 0.25) is 0 Å². The Hall–Kier alpha value is -2.97. The number of hydrogen-bond donors (Lipinski definition) is 2. The van der Waals surface area contributed by atoms with E-state index in [1.54, 1.807) is 0 Å². The Labute approximate surface area is 185 Å². The molecule has 1 aliphatic rings. The lowest BCUT2D eigenvalue weighted by Crippen LogP contribution is -2.35. The molecule has 2 N–H and O–H groups in total. The Morgan fingerprint density at radius 2 is 2.03 bits per heavy atom. The Balaban J connectivity index is 2.07. The summed E-state index contributed by atoms with van der Waals surface area (Å²) in [6.07, 6.45) is -7.79. The molecule has 0 bridgehead atoms. The molecule has 0 saturated carbocycles. The minimum absolute atomic E-state index is 0.345. The summed E-state index contributed by atoms with van der Waals surface area (Å²) in [5.41, 5.74) is -1.93. The number of alkyl halides is 7. The van der Waals surface area contributed by atoms with Crippen molar-refractivity contribution in [3.8, 4) is 10.4 Å². The van der Waals surface area contributed by atoms with Crippen LogP contribution in [0.4, 0.5) is 36.6 Å². The third-order valence-corrected chi connectivity index (χ3v) is 5.76. The van der Waals surface area contributed by atoms with E-state index in [-0.39, 0.29) is 4.88 Å². The standard InChI is InChI=1S/C18H15F7N4O3S/c1-7-3-17(21,22)6-29(7)15(30)11-12(33-14(28-11)16(31)32)9-4-26-10(2-8(9)13(19)20)27-5-18(23,24)25/h2,4,7,13H,3,5-6H2,1H3,(H,26,27)(H,31,32). The van der Waals surface area contributed by atoms with E-state index in [1.807, 2.05) is 5.32 Å². The Morgan fingerprint density at radius 1 is 1.36 bits per heavy atom. The monoisotopic (exact) mass is 500 g/mol. The molecule has 1 unspecified atom stereocenters. The third kappa shape index (κ3) is 5.51. The number of aromatic carboxylic acids is 1. The second-order valence-corrected chi connectivity index (χ2v) is 8.27. The molecule has 7 nitrogen and oxygen atoms in total. The maximum absolute atomic E-state index is 13.7. The molecule has 0 aromatic carbocycles. The van der Waals surface area contributed by atoms with Crippen LogP contribution < -0.4 is 5.32 Å². The van der Waals surface area contributed by atoms with E-state index >= 15 is 0 Å². The summed E-state index contributed by atoms with van der Waals surface area (Å²) in [4.78, 5) is 32.0. The van der Waals surface area contributed by atoms with Gasteiger partial charge in [-0.2, -0.15) is 13.2 Å². The molecule has 0 radical (unpaired) electrons. The first-order chi connectivity index (χ1) is 15.2. The summed E-state index contributed by atoms with van der Waals surface area (Å²) < 4.78 is 92.2. The van der Waals surface area contributed by atoms with Crippen LogP contribution in [0.5, 0.6) is 0 Å². The second-order valence-electron chi connectivity index (χ2n) is 7.27. The van der Waals surface area contributed by atoms with Crippen molar-refractivity contribution in [3.63, 3.8) is 0 Å². The van der Waals surface area contributed by atoms with Crippen molar-refractivity contribution in [2.75, 3.05) is 18.4 Å². The first-order valence-corrected chi connectivity index (χ1v) is 10.0. The number of carboxylic acid groups (broad SMARTS) is 1. The van der Waals surface area contributed by atoms with E-state index in [2.05, 4.69) is 9.97 Å². The highest BCUT2D eigenvalue weighted by Gasteiger charge is 2.46. The number of carbonyl (C=O) groups is 2. The van der Waals surface area contributed by atoms with Crippen LogP contribution in [0.25, 0.3) is 10.4 Å².